The second-order valence-electron chi connectivity index (χ2n) is 5.37. The minimum Gasteiger partial charge on any atom is -0.378 e. The lowest BCUT2D eigenvalue weighted by molar-refractivity contribution is -0.131. The summed E-state index contributed by atoms with van der Waals surface area (Å²) in [6.45, 7) is 4.64. The lowest BCUT2D eigenvalue weighted by Crippen LogP contribution is -2.37. The average Bonchev–Trinajstić information content (AvgIpc) is 2.92. The standard InChI is InChI=1S/C14H26N2O2/c17-14(16-10-2-1-3-11-16)7-9-15-8-6-13-5-4-12-18-13/h13,15H,1-12H2. The zero-order valence-corrected chi connectivity index (χ0v) is 11.3. The van der Waals surface area contributed by atoms with Gasteiger partial charge in [0.05, 0.1) is 6.10 Å². The van der Waals surface area contributed by atoms with Gasteiger partial charge in [0, 0.05) is 32.7 Å². The highest BCUT2D eigenvalue weighted by atomic mass is 16.5. The van der Waals surface area contributed by atoms with E-state index in [-0.39, 0.29) is 0 Å². The van der Waals surface area contributed by atoms with Crippen LogP contribution in [-0.4, -0.2) is 49.7 Å². The third kappa shape index (κ3) is 4.58. The van der Waals surface area contributed by atoms with Gasteiger partial charge in [-0.05, 0) is 45.1 Å². The van der Waals surface area contributed by atoms with Crippen LogP contribution in [0.25, 0.3) is 0 Å². The Morgan fingerprint density at radius 1 is 1.17 bits per heavy atom. The average molecular weight is 254 g/mol. The number of rotatable bonds is 6. The van der Waals surface area contributed by atoms with Gasteiger partial charge < -0.3 is 15.0 Å². The molecule has 2 aliphatic rings. The smallest absolute Gasteiger partial charge is 0.223 e. The molecule has 18 heavy (non-hydrogen) atoms. The number of carbonyl (C=O) groups is 1. The molecule has 104 valence electrons. The van der Waals surface area contributed by atoms with E-state index in [4.69, 9.17) is 4.74 Å². The summed E-state index contributed by atoms with van der Waals surface area (Å²) >= 11 is 0. The van der Waals surface area contributed by atoms with Crippen molar-refractivity contribution in [3.63, 3.8) is 0 Å². The summed E-state index contributed by atoms with van der Waals surface area (Å²) < 4.78 is 5.56. The molecule has 0 bridgehead atoms. The van der Waals surface area contributed by atoms with Gasteiger partial charge in [0.15, 0.2) is 0 Å². The van der Waals surface area contributed by atoms with Crippen molar-refractivity contribution in [2.24, 2.45) is 0 Å². The molecule has 2 fully saturated rings. The van der Waals surface area contributed by atoms with Crippen LogP contribution in [0, 0.1) is 0 Å². The van der Waals surface area contributed by atoms with Crippen molar-refractivity contribution in [1.29, 1.82) is 0 Å². The molecular weight excluding hydrogens is 228 g/mol. The molecule has 1 N–H and O–H groups in total. The monoisotopic (exact) mass is 254 g/mol. The zero-order chi connectivity index (χ0) is 12.6. The molecule has 0 radical (unpaired) electrons. The minimum atomic E-state index is 0.319. The van der Waals surface area contributed by atoms with Crippen LogP contribution >= 0.6 is 0 Å². The molecule has 0 aromatic carbocycles. The van der Waals surface area contributed by atoms with Gasteiger partial charge in [-0.2, -0.15) is 0 Å². The third-order valence-electron chi connectivity index (χ3n) is 3.89. The largest absolute Gasteiger partial charge is 0.378 e. The van der Waals surface area contributed by atoms with E-state index in [1.54, 1.807) is 0 Å². The molecule has 0 aliphatic carbocycles. The van der Waals surface area contributed by atoms with Crippen LogP contribution in [0.5, 0.6) is 0 Å². The van der Waals surface area contributed by atoms with Crippen LogP contribution in [0.4, 0.5) is 0 Å². The second-order valence-corrected chi connectivity index (χ2v) is 5.37. The lowest BCUT2D eigenvalue weighted by Gasteiger charge is -2.26. The summed E-state index contributed by atoms with van der Waals surface area (Å²) in [5.74, 6) is 0.319. The molecule has 1 unspecified atom stereocenters. The fourth-order valence-electron chi connectivity index (χ4n) is 2.76. The van der Waals surface area contributed by atoms with Gasteiger partial charge in [0.25, 0.3) is 0 Å². The van der Waals surface area contributed by atoms with E-state index < -0.39 is 0 Å². The molecule has 4 heteroatoms. The van der Waals surface area contributed by atoms with Gasteiger partial charge in [-0.25, -0.2) is 0 Å². The van der Waals surface area contributed by atoms with Gasteiger partial charge in [0.2, 0.25) is 5.91 Å². The SMILES string of the molecule is O=C(CCNCCC1CCCO1)N1CCCCC1. The molecule has 2 aliphatic heterocycles. The van der Waals surface area contributed by atoms with Gasteiger partial charge in [-0.3, -0.25) is 4.79 Å². The predicted octanol–water partition coefficient (Wildman–Crippen LogP) is 1.55. The number of hydrogen-bond acceptors (Lipinski definition) is 3. The molecule has 0 spiro atoms. The summed E-state index contributed by atoms with van der Waals surface area (Å²) in [5, 5.41) is 3.35. The van der Waals surface area contributed by atoms with Crippen molar-refractivity contribution in [1.82, 2.24) is 10.2 Å². The quantitative estimate of drug-likeness (QED) is 0.731. The Morgan fingerprint density at radius 3 is 2.72 bits per heavy atom. The van der Waals surface area contributed by atoms with Crippen molar-refractivity contribution in [2.75, 3.05) is 32.8 Å². The van der Waals surface area contributed by atoms with Crippen LogP contribution in [-0.2, 0) is 9.53 Å². The first kappa shape index (κ1) is 13.8. The first-order valence-corrected chi connectivity index (χ1v) is 7.46. The lowest BCUT2D eigenvalue weighted by atomic mass is 10.1. The predicted molar refractivity (Wildman–Crippen MR) is 71.5 cm³/mol. The Labute approximate surface area is 110 Å². The van der Waals surface area contributed by atoms with E-state index in [9.17, 15) is 4.79 Å². The third-order valence-corrected chi connectivity index (χ3v) is 3.89. The fourth-order valence-corrected chi connectivity index (χ4v) is 2.76. The summed E-state index contributed by atoms with van der Waals surface area (Å²) in [4.78, 5) is 13.9. The molecule has 0 aromatic rings. The number of hydrogen-bond donors (Lipinski definition) is 1. The summed E-state index contributed by atoms with van der Waals surface area (Å²) in [6.07, 6.45) is 8.23. The molecular formula is C14H26N2O2. The van der Waals surface area contributed by atoms with Gasteiger partial charge in [-0.15, -0.1) is 0 Å². The Morgan fingerprint density at radius 2 is 2.00 bits per heavy atom. The molecule has 2 rings (SSSR count). The van der Waals surface area contributed by atoms with E-state index in [0.29, 0.717) is 18.4 Å². The summed E-state index contributed by atoms with van der Waals surface area (Å²) in [5.41, 5.74) is 0. The van der Waals surface area contributed by atoms with E-state index in [2.05, 4.69) is 5.32 Å². The molecule has 2 saturated heterocycles. The maximum atomic E-state index is 11.9. The number of ether oxygens (including phenoxy) is 1. The molecule has 2 heterocycles. The van der Waals surface area contributed by atoms with E-state index >= 15 is 0 Å². The molecule has 4 nitrogen and oxygen atoms in total. The fraction of sp³-hybridized carbons (Fsp3) is 0.929. The summed E-state index contributed by atoms with van der Waals surface area (Å²) in [7, 11) is 0. The Bertz CT molecular complexity index is 246. The number of piperidine rings is 1. The zero-order valence-electron chi connectivity index (χ0n) is 11.3. The highest BCUT2D eigenvalue weighted by Crippen LogP contribution is 2.14. The maximum Gasteiger partial charge on any atom is 0.223 e. The first-order valence-electron chi connectivity index (χ1n) is 7.46. The van der Waals surface area contributed by atoms with Crippen molar-refractivity contribution >= 4 is 5.91 Å². The maximum absolute atomic E-state index is 11.9. The molecule has 0 aromatic heterocycles. The van der Waals surface area contributed by atoms with Crippen LogP contribution < -0.4 is 5.32 Å². The number of nitrogens with zero attached hydrogens (tertiary/aromatic N) is 1. The van der Waals surface area contributed by atoms with Gasteiger partial charge in [0.1, 0.15) is 0 Å². The number of carbonyl (C=O) groups excluding carboxylic acids is 1. The molecule has 1 amide bonds. The van der Waals surface area contributed by atoms with Crippen molar-refractivity contribution in [3.05, 3.63) is 0 Å². The minimum absolute atomic E-state index is 0.319. The Hall–Kier alpha value is -0.610. The van der Waals surface area contributed by atoms with Crippen LogP contribution in [0.1, 0.15) is 44.9 Å². The van der Waals surface area contributed by atoms with Gasteiger partial charge >= 0.3 is 0 Å². The number of likely N-dealkylation sites (tertiary alicyclic amines) is 1. The van der Waals surface area contributed by atoms with E-state index in [1.807, 2.05) is 4.90 Å². The normalized spacial score (nSPS) is 24.4. The molecule has 1 atom stereocenters. The van der Waals surface area contributed by atoms with E-state index in [1.165, 1.54) is 32.1 Å². The molecule has 0 saturated carbocycles. The first-order chi connectivity index (χ1) is 8.86. The van der Waals surface area contributed by atoms with Crippen molar-refractivity contribution < 1.29 is 9.53 Å². The van der Waals surface area contributed by atoms with Crippen LogP contribution in [0.15, 0.2) is 0 Å². The van der Waals surface area contributed by atoms with Gasteiger partial charge in [-0.1, -0.05) is 0 Å². The van der Waals surface area contributed by atoms with Crippen molar-refractivity contribution in [2.45, 2.75) is 51.0 Å². The highest BCUT2D eigenvalue weighted by Gasteiger charge is 2.16. The van der Waals surface area contributed by atoms with Crippen LogP contribution in [0.2, 0.25) is 0 Å². The topological polar surface area (TPSA) is 41.6 Å². The Kier molecular flexibility index (Phi) is 5.94. The number of nitrogens with one attached hydrogen (secondary N) is 1. The van der Waals surface area contributed by atoms with E-state index in [0.717, 1.165) is 39.2 Å². The second kappa shape index (κ2) is 7.74. The number of amides is 1. The van der Waals surface area contributed by atoms with Crippen molar-refractivity contribution in [3.8, 4) is 0 Å². The highest BCUT2D eigenvalue weighted by molar-refractivity contribution is 5.76. The van der Waals surface area contributed by atoms with Crippen LogP contribution in [0.3, 0.4) is 0 Å². The summed E-state index contributed by atoms with van der Waals surface area (Å²) in [6, 6.07) is 0. The Balaban J connectivity index is 1.48.